The standard InChI is InChI=1S/C10H16N2O2S/c1-4-10(5-6(2)3)7(13)11-9(14)12-8(10)15/h6H,4-5H2,1-3H3,(H2,11,12,13,14,15). The Balaban J connectivity index is 3.00. The molecule has 84 valence electrons. The molecule has 1 aliphatic heterocycles. The van der Waals surface area contributed by atoms with E-state index in [1.165, 1.54) is 0 Å². The highest BCUT2D eigenvalue weighted by atomic mass is 32.1. The molecule has 4 nitrogen and oxygen atoms in total. The van der Waals surface area contributed by atoms with E-state index in [0.717, 1.165) is 0 Å². The molecule has 0 radical (unpaired) electrons. The molecular weight excluding hydrogens is 212 g/mol. The highest BCUT2D eigenvalue weighted by molar-refractivity contribution is 7.80. The van der Waals surface area contributed by atoms with Gasteiger partial charge in [-0.2, -0.15) is 0 Å². The first-order valence-electron chi connectivity index (χ1n) is 5.09. The lowest BCUT2D eigenvalue weighted by Gasteiger charge is -2.36. The number of hydrogen-bond acceptors (Lipinski definition) is 3. The fourth-order valence-corrected chi connectivity index (χ4v) is 2.34. The molecule has 0 aromatic heterocycles. The van der Waals surface area contributed by atoms with Crippen LogP contribution in [0.3, 0.4) is 0 Å². The number of carbonyl (C=O) groups is 2. The highest BCUT2D eigenvalue weighted by Crippen LogP contribution is 2.33. The van der Waals surface area contributed by atoms with Gasteiger partial charge in [-0.05, 0) is 18.8 Å². The van der Waals surface area contributed by atoms with Crippen LogP contribution >= 0.6 is 12.2 Å². The van der Waals surface area contributed by atoms with E-state index in [2.05, 4.69) is 10.6 Å². The van der Waals surface area contributed by atoms with Crippen molar-refractivity contribution in [2.24, 2.45) is 11.3 Å². The quantitative estimate of drug-likeness (QED) is 0.721. The van der Waals surface area contributed by atoms with Crippen molar-refractivity contribution < 1.29 is 9.59 Å². The van der Waals surface area contributed by atoms with Crippen LogP contribution in [-0.2, 0) is 4.79 Å². The van der Waals surface area contributed by atoms with Crippen LogP contribution in [0.2, 0.25) is 0 Å². The molecule has 15 heavy (non-hydrogen) atoms. The van der Waals surface area contributed by atoms with E-state index in [1.54, 1.807) is 0 Å². The summed E-state index contributed by atoms with van der Waals surface area (Å²) in [5.74, 6) is 0.0797. The van der Waals surface area contributed by atoms with Crippen LogP contribution in [0.1, 0.15) is 33.6 Å². The lowest BCUT2D eigenvalue weighted by molar-refractivity contribution is -0.127. The van der Waals surface area contributed by atoms with E-state index in [1.807, 2.05) is 20.8 Å². The maximum atomic E-state index is 11.8. The number of carbonyl (C=O) groups excluding carboxylic acids is 2. The van der Waals surface area contributed by atoms with E-state index in [9.17, 15) is 9.59 Å². The van der Waals surface area contributed by atoms with Crippen molar-refractivity contribution in [3.63, 3.8) is 0 Å². The topological polar surface area (TPSA) is 58.2 Å². The van der Waals surface area contributed by atoms with E-state index >= 15 is 0 Å². The molecule has 1 aliphatic rings. The van der Waals surface area contributed by atoms with Gasteiger partial charge in [-0.3, -0.25) is 10.1 Å². The van der Waals surface area contributed by atoms with Gasteiger partial charge in [-0.25, -0.2) is 4.79 Å². The van der Waals surface area contributed by atoms with Gasteiger partial charge in [0.15, 0.2) is 0 Å². The van der Waals surface area contributed by atoms with E-state index in [0.29, 0.717) is 23.7 Å². The summed E-state index contributed by atoms with van der Waals surface area (Å²) in [6, 6.07) is -0.516. The second kappa shape index (κ2) is 4.26. The molecule has 3 amide bonds. The highest BCUT2D eigenvalue weighted by Gasteiger charge is 2.45. The number of nitrogens with one attached hydrogen (secondary N) is 2. The lowest BCUT2D eigenvalue weighted by atomic mass is 9.76. The number of hydrogen-bond donors (Lipinski definition) is 2. The smallest absolute Gasteiger partial charge is 0.301 e. The first kappa shape index (κ1) is 12.1. The molecule has 1 rings (SSSR count). The molecular formula is C10H16N2O2S. The molecule has 0 aliphatic carbocycles. The fraction of sp³-hybridized carbons (Fsp3) is 0.700. The van der Waals surface area contributed by atoms with E-state index < -0.39 is 11.4 Å². The largest absolute Gasteiger partial charge is 0.326 e. The Morgan fingerprint density at radius 3 is 2.33 bits per heavy atom. The number of urea groups is 1. The van der Waals surface area contributed by atoms with Gasteiger partial charge in [-0.1, -0.05) is 33.0 Å². The van der Waals surface area contributed by atoms with Crippen LogP contribution in [0.5, 0.6) is 0 Å². The van der Waals surface area contributed by atoms with Crippen LogP contribution in [-0.4, -0.2) is 16.9 Å². The molecule has 0 aromatic carbocycles. The molecule has 1 atom stereocenters. The van der Waals surface area contributed by atoms with Crippen molar-refractivity contribution in [2.75, 3.05) is 0 Å². The van der Waals surface area contributed by atoms with E-state index in [-0.39, 0.29) is 5.91 Å². The second-order valence-electron chi connectivity index (χ2n) is 4.27. The van der Waals surface area contributed by atoms with Gasteiger partial charge in [0.2, 0.25) is 5.91 Å². The molecule has 5 heteroatoms. The Morgan fingerprint density at radius 1 is 1.33 bits per heavy atom. The average Bonchev–Trinajstić information content (AvgIpc) is 2.11. The van der Waals surface area contributed by atoms with Crippen molar-refractivity contribution in [3.8, 4) is 0 Å². The average molecular weight is 228 g/mol. The van der Waals surface area contributed by atoms with Crippen molar-refractivity contribution in [2.45, 2.75) is 33.6 Å². The molecule has 0 aromatic rings. The summed E-state index contributed by atoms with van der Waals surface area (Å²) in [6.07, 6.45) is 1.27. The third kappa shape index (κ3) is 2.17. The van der Waals surface area contributed by atoms with Gasteiger partial charge in [0.05, 0.1) is 4.99 Å². The van der Waals surface area contributed by atoms with Gasteiger partial charge >= 0.3 is 6.03 Å². The maximum Gasteiger partial charge on any atom is 0.326 e. The Kier molecular flexibility index (Phi) is 3.44. The second-order valence-corrected chi connectivity index (χ2v) is 4.68. The van der Waals surface area contributed by atoms with Gasteiger partial charge in [0, 0.05) is 0 Å². The Bertz CT molecular complexity index is 293. The molecule has 1 unspecified atom stereocenters. The number of amides is 3. The van der Waals surface area contributed by atoms with Gasteiger partial charge in [0.25, 0.3) is 0 Å². The third-order valence-electron chi connectivity index (χ3n) is 2.68. The third-order valence-corrected chi connectivity index (χ3v) is 3.18. The predicted octanol–water partition coefficient (Wildman–Crippen LogP) is 1.60. The SMILES string of the molecule is CCC1(CC(C)C)C(=O)NC(=O)NC1=S. The fourth-order valence-electron chi connectivity index (χ4n) is 1.93. The molecule has 0 bridgehead atoms. The maximum absolute atomic E-state index is 11.8. The number of thiocarbonyl (C=S) groups is 1. The van der Waals surface area contributed by atoms with Crippen LogP contribution in [0, 0.1) is 11.3 Å². The molecule has 0 spiro atoms. The first-order chi connectivity index (χ1) is 6.92. The summed E-state index contributed by atoms with van der Waals surface area (Å²) in [4.78, 5) is 23.2. The molecule has 0 saturated carbocycles. The predicted molar refractivity (Wildman–Crippen MR) is 61.5 cm³/mol. The minimum absolute atomic E-state index is 0.271. The summed E-state index contributed by atoms with van der Waals surface area (Å²) in [5.41, 5.74) is -0.711. The zero-order valence-electron chi connectivity index (χ0n) is 9.22. The monoisotopic (exact) mass is 228 g/mol. The first-order valence-corrected chi connectivity index (χ1v) is 5.50. The summed E-state index contributed by atoms with van der Waals surface area (Å²) < 4.78 is 0. The molecule has 2 N–H and O–H groups in total. The van der Waals surface area contributed by atoms with Crippen molar-refractivity contribution in [1.29, 1.82) is 0 Å². The molecule has 1 saturated heterocycles. The summed E-state index contributed by atoms with van der Waals surface area (Å²) in [5, 5.41) is 4.80. The van der Waals surface area contributed by atoms with Gasteiger partial charge in [0.1, 0.15) is 5.41 Å². The van der Waals surface area contributed by atoms with Crippen molar-refractivity contribution >= 4 is 29.1 Å². The number of imide groups is 1. The Labute approximate surface area is 94.8 Å². The van der Waals surface area contributed by atoms with Crippen LogP contribution in [0.15, 0.2) is 0 Å². The lowest BCUT2D eigenvalue weighted by Crippen LogP contribution is -2.61. The van der Waals surface area contributed by atoms with E-state index in [4.69, 9.17) is 12.2 Å². The molecule has 1 fully saturated rings. The summed E-state index contributed by atoms with van der Waals surface area (Å²) >= 11 is 5.12. The van der Waals surface area contributed by atoms with Crippen LogP contribution < -0.4 is 10.6 Å². The summed E-state index contributed by atoms with van der Waals surface area (Å²) in [6.45, 7) is 5.97. The van der Waals surface area contributed by atoms with Gasteiger partial charge in [-0.15, -0.1) is 0 Å². The minimum atomic E-state index is -0.711. The Hall–Kier alpha value is -0.970. The zero-order chi connectivity index (χ0) is 11.6. The number of rotatable bonds is 3. The Morgan fingerprint density at radius 2 is 1.93 bits per heavy atom. The van der Waals surface area contributed by atoms with Crippen LogP contribution in [0.25, 0.3) is 0 Å². The van der Waals surface area contributed by atoms with Crippen molar-refractivity contribution in [1.82, 2.24) is 10.6 Å². The zero-order valence-corrected chi connectivity index (χ0v) is 10.0. The van der Waals surface area contributed by atoms with Gasteiger partial charge < -0.3 is 5.32 Å². The van der Waals surface area contributed by atoms with Crippen molar-refractivity contribution in [3.05, 3.63) is 0 Å². The normalized spacial score (nSPS) is 26.5. The van der Waals surface area contributed by atoms with Crippen LogP contribution in [0.4, 0.5) is 4.79 Å². The minimum Gasteiger partial charge on any atom is -0.301 e. The summed E-state index contributed by atoms with van der Waals surface area (Å²) in [7, 11) is 0. The molecule has 1 heterocycles.